The molecule has 1 saturated carbocycles. The van der Waals surface area contributed by atoms with Crippen molar-refractivity contribution >= 4 is 12.0 Å². The minimum Gasteiger partial charge on any atom is -0.444 e. The van der Waals surface area contributed by atoms with E-state index in [9.17, 15) is 9.59 Å². The second kappa shape index (κ2) is 8.36. The summed E-state index contributed by atoms with van der Waals surface area (Å²) in [7, 11) is 2.97. The molecule has 0 aromatic carbocycles. The van der Waals surface area contributed by atoms with Crippen molar-refractivity contribution in [1.29, 1.82) is 0 Å². The van der Waals surface area contributed by atoms with Crippen LogP contribution in [0.2, 0.25) is 0 Å². The number of nitrogens with zero attached hydrogens (tertiary/aromatic N) is 1. The van der Waals surface area contributed by atoms with Gasteiger partial charge in [-0.1, -0.05) is 32.1 Å². The Morgan fingerprint density at radius 2 is 1.95 bits per heavy atom. The maximum Gasteiger partial charge on any atom is 0.408 e. The fourth-order valence-electron chi connectivity index (χ4n) is 2.41. The van der Waals surface area contributed by atoms with Crippen molar-refractivity contribution in [3.8, 4) is 0 Å². The highest BCUT2D eigenvalue weighted by molar-refractivity contribution is 5.84. The van der Waals surface area contributed by atoms with Gasteiger partial charge >= 0.3 is 6.09 Å². The largest absolute Gasteiger partial charge is 0.444 e. The Morgan fingerprint density at radius 3 is 2.41 bits per heavy atom. The van der Waals surface area contributed by atoms with Gasteiger partial charge in [0.15, 0.2) is 0 Å². The zero-order valence-electron chi connectivity index (χ0n) is 14.5. The average Bonchev–Trinajstić information content (AvgIpc) is 2.36. The third-order valence-corrected chi connectivity index (χ3v) is 3.90. The van der Waals surface area contributed by atoms with Crippen LogP contribution < -0.4 is 5.32 Å². The van der Waals surface area contributed by atoms with Gasteiger partial charge in [0.2, 0.25) is 0 Å². The Morgan fingerprint density at radius 1 is 1.32 bits per heavy atom. The van der Waals surface area contributed by atoms with Crippen molar-refractivity contribution in [2.75, 3.05) is 14.2 Å². The first-order valence-corrected chi connectivity index (χ1v) is 8.04. The summed E-state index contributed by atoms with van der Waals surface area (Å²) in [4.78, 5) is 29.1. The second-order valence-electron chi connectivity index (χ2n) is 6.94. The van der Waals surface area contributed by atoms with E-state index in [0.29, 0.717) is 6.42 Å². The van der Waals surface area contributed by atoms with E-state index in [0.717, 1.165) is 23.8 Å². The third-order valence-electron chi connectivity index (χ3n) is 3.90. The Hall–Kier alpha value is -1.30. The predicted molar refractivity (Wildman–Crippen MR) is 84.1 cm³/mol. The van der Waals surface area contributed by atoms with Crippen molar-refractivity contribution < 1.29 is 19.2 Å². The summed E-state index contributed by atoms with van der Waals surface area (Å²) in [6, 6.07) is -0.611. The lowest BCUT2D eigenvalue weighted by Gasteiger charge is -2.27. The van der Waals surface area contributed by atoms with Gasteiger partial charge in [0.05, 0.1) is 7.11 Å². The lowest BCUT2D eigenvalue weighted by atomic mass is 9.81. The highest BCUT2D eigenvalue weighted by atomic mass is 16.7. The standard InChI is InChI=1S/C16H30N2O4/c1-16(2,3)22-15(20)17-13(14(19)18(4)21-5)11-7-10-12-8-6-9-12/h12-13H,6-11H2,1-5H3,(H,17,20). The molecule has 1 fully saturated rings. The number of alkyl carbamates (subject to hydrolysis) is 1. The highest BCUT2D eigenvalue weighted by Crippen LogP contribution is 2.31. The molecule has 0 aromatic heterocycles. The van der Waals surface area contributed by atoms with Gasteiger partial charge < -0.3 is 10.1 Å². The summed E-state index contributed by atoms with van der Waals surface area (Å²) in [5.74, 6) is 0.527. The number of hydrogen-bond donors (Lipinski definition) is 1. The monoisotopic (exact) mass is 314 g/mol. The van der Waals surface area contributed by atoms with Gasteiger partial charge in [-0.05, 0) is 33.1 Å². The molecule has 0 aromatic rings. The Bertz CT molecular complexity index is 375. The van der Waals surface area contributed by atoms with E-state index in [1.807, 2.05) is 0 Å². The fraction of sp³-hybridized carbons (Fsp3) is 0.875. The SMILES string of the molecule is CON(C)C(=O)C(CCCC1CCC1)NC(=O)OC(C)(C)C. The fourth-order valence-corrected chi connectivity index (χ4v) is 2.41. The van der Waals surface area contributed by atoms with Gasteiger partial charge in [-0.15, -0.1) is 0 Å². The van der Waals surface area contributed by atoms with E-state index in [1.54, 1.807) is 20.8 Å². The zero-order valence-corrected chi connectivity index (χ0v) is 14.5. The molecule has 1 rings (SSSR count). The molecule has 1 unspecified atom stereocenters. The lowest BCUT2D eigenvalue weighted by molar-refractivity contribution is -0.171. The van der Waals surface area contributed by atoms with E-state index < -0.39 is 17.7 Å². The predicted octanol–water partition coefficient (Wildman–Crippen LogP) is 2.87. The molecule has 0 heterocycles. The van der Waals surface area contributed by atoms with E-state index in [4.69, 9.17) is 9.57 Å². The van der Waals surface area contributed by atoms with Crippen LogP contribution in [0.25, 0.3) is 0 Å². The zero-order chi connectivity index (χ0) is 16.8. The molecule has 0 radical (unpaired) electrons. The molecule has 0 bridgehead atoms. The average molecular weight is 314 g/mol. The van der Waals surface area contributed by atoms with Gasteiger partial charge in [0.25, 0.3) is 5.91 Å². The minimum absolute atomic E-state index is 0.262. The molecule has 1 aliphatic carbocycles. The van der Waals surface area contributed by atoms with Crippen LogP contribution >= 0.6 is 0 Å². The molecule has 2 amide bonds. The molecular weight excluding hydrogens is 284 g/mol. The van der Waals surface area contributed by atoms with Gasteiger partial charge in [-0.2, -0.15) is 0 Å². The summed E-state index contributed by atoms with van der Waals surface area (Å²) in [5, 5.41) is 3.81. The maximum atomic E-state index is 12.3. The summed E-state index contributed by atoms with van der Waals surface area (Å²) in [5.41, 5.74) is -0.587. The number of carbonyl (C=O) groups is 2. The molecule has 1 N–H and O–H groups in total. The van der Waals surface area contributed by atoms with E-state index in [2.05, 4.69) is 5.32 Å². The van der Waals surface area contributed by atoms with Crippen LogP contribution in [0.1, 0.15) is 59.3 Å². The molecule has 1 aliphatic rings. The number of ether oxygens (including phenoxy) is 1. The van der Waals surface area contributed by atoms with Crippen LogP contribution in [-0.4, -0.2) is 42.9 Å². The molecule has 0 saturated heterocycles. The number of likely N-dealkylation sites (N-methyl/N-ethyl adjacent to an activating group) is 1. The Kier molecular flexibility index (Phi) is 7.13. The van der Waals surface area contributed by atoms with Gasteiger partial charge in [-0.3, -0.25) is 9.63 Å². The highest BCUT2D eigenvalue weighted by Gasteiger charge is 2.27. The first-order valence-electron chi connectivity index (χ1n) is 8.04. The van der Waals surface area contributed by atoms with E-state index in [-0.39, 0.29) is 5.91 Å². The van der Waals surface area contributed by atoms with Crippen LogP contribution in [-0.2, 0) is 14.4 Å². The Labute approximate surface area is 133 Å². The normalized spacial score (nSPS) is 16.6. The molecule has 6 nitrogen and oxygen atoms in total. The van der Waals surface area contributed by atoms with Crippen molar-refractivity contribution in [3.05, 3.63) is 0 Å². The molecule has 6 heteroatoms. The third kappa shape index (κ3) is 6.64. The van der Waals surface area contributed by atoms with Gasteiger partial charge in [-0.25, -0.2) is 9.86 Å². The molecule has 0 aliphatic heterocycles. The van der Waals surface area contributed by atoms with E-state index >= 15 is 0 Å². The topological polar surface area (TPSA) is 67.9 Å². The molecule has 0 spiro atoms. The van der Waals surface area contributed by atoms with Crippen molar-refractivity contribution in [3.63, 3.8) is 0 Å². The summed E-state index contributed by atoms with van der Waals surface area (Å²) in [6.45, 7) is 5.38. The summed E-state index contributed by atoms with van der Waals surface area (Å²) in [6.07, 6.45) is 5.94. The van der Waals surface area contributed by atoms with Crippen molar-refractivity contribution in [2.24, 2.45) is 5.92 Å². The maximum absolute atomic E-state index is 12.3. The van der Waals surface area contributed by atoms with Crippen LogP contribution in [0.4, 0.5) is 4.79 Å². The first-order chi connectivity index (χ1) is 10.2. The number of amides is 2. The summed E-state index contributed by atoms with van der Waals surface area (Å²) < 4.78 is 5.23. The molecule has 1 atom stereocenters. The smallest absolute Gasteiger partial charge is 0.408 e. The lowest BCUT2D eigenvalue weighted by Crippen LogP contribution is -2.48. The quantitative estimate of drug-likeness (QED) is 0.734. The van der Waals surface area contributed by atoms with Crippen LogP contribution in [0.3, 0.4) is 0 Å². The first kappa shape index (κ1) is 18.7. The van der Waals surface area contributed by atoms with E-state index in [1.165, 1.54) is 33.4 Å². The molecular formula is C16H30N2O4. The number of nitrogens with one attached hydrogen (secondary N) is 1. The minimum atomic E-state index is -0.611. The van der Waals surface area contributed by atoms with Crippen LogP contribution in [0.5, 0.6) is 0 Å². The number of rotatable bonds is 7. The summed E-state index contributed by atoms with van der Waals surface area (Å²) >= 11 is 0. The van der Waals surface area contributed by atoms with Crippen LogP contribution in [0, 0.1) is 5.92 Å². The van der Waals surface area contributed by atoms with Gasteiger partial charge in [0, 0.05) is 7.05 Å². The molecule has 22 heavy (non-hydrogen) atoms. The molecule has 128 valence electrons. The number of carbonyl (C=O) groups excluding carboxylic acids is 2. The second-order valence-corrected chi connectivity index (χ2v) is 6.94. The van der Waals surface area contributed by atoms with Crippen LogP contribution in [0.15, 0.2) is 0 Å². The Balaban J connectivity index is 2.52. The number of hydrogen-bond acceptors (Lipinski definition) is 4. The van der Waals surface area contributed by atoms with Crippen molar-refractivity contribution in [2.45, 2.75) is 70.9 Å². The number of hydroxylamine groups is 2. The van der Waals surface area contributed by atoms with Gasteiger partial charge in [0.1, 0.15) is 11.6 Å². The van der Waals surface area contributed by atoms with Crippen molar-refractivity contribution in [1.82, 2.24) is 10.4 Å².